The van der Waals surface area contributed by atoms with E-state index in [0.29, 0.717) is 12.1 Å². The van der Waals surface area contributed by atoms with Crippen LogP contribution in [0.15, 0.2) is 15.2 Å². The smallest absolute Gasteiger partial charge is 0.243 e. The lowest BCUT2D eigenvalue weighted by molar-refractivity contribution is 0.200. The third-order valence-electron chi connectivity index (χ3n) is 3.72. The van der Waals surface area contributed by atoms with Gasteiger partial charge in [0.15, 0.2) is 0 Å². The van der Waals surface area contributed by atoms with E-state index in [0.717, 1.165) is 0 Å². The number of hydrogen-bond donors (Lipinski definition) is 0. The molecule has 0 spiro atoms. The Balaban J connectivity index is 3.94. The summed E-state index contributed by atoms with van der Waals surface area (Å²) in [4.78, 5) is 0. The standard InChI is InChI=1S/C18H41N6P/c1-14(2)22(15(3)4)25(19-16(5,6)7)23(17(8,9)10)20-21-24(25)18(11,12)13/h14-15H,1-13H3. The molecule has 1 rings (SSSR count). The van der Waals surface area contributed by atoms with Crippen LogP contribution in [0.2, 0.25) is 0 Å². The van der Waals surface area contributed by atoms with Crippen molar-refractivity contribution in [2.45, 2.75) is 119 Å². The van der Waals surface area contributed by atoms with Crippen LogP contribution in [0.5, 0.6) is 0 Å². The van der Waals surface area contributed by atoms with Gasteiger partial charge in [0.25, 0.3) is 7.51 Å². The Morgan fingerprint density at radius 1 is 0.720 bits per heavy atom. The van der Waals surface area contributed by atoms with Gasteiger partial charge in [-0.3, -0.25) is 0 Å². The molecule has 1 aliphatic rings. The molecular weight excluding hydrogens is 331 g/mol. The van der Waals surface area contributed by atoms with Gasteiger partial charge in [0.05, 0.1) is 16.6 Å². The molecule has 1 heterocycles. The van der Waals surface area contributed by atoms with E-state index in [1.165, 1.54) is 0 Å². The maximum absolute atomic E-state index is 5.48. The molecule has 0 atom stereocenters. The lowest BCUT2D eigenvalue weighted by atomic mass is 10.1. The molecule has 0 N–H and O–H groups in total. The van der Waals surface area contributed by atoms with E-state index in [1.54, 1.807) is 0 Å². The highest BCUT2D eigenvalue weighted by Crippen LogP contribution is 2.70. The third-order valence-corrected chi connectivity index (χ3v) is 8.51. The van der Waals surface area contributed by atoms with Gasteiger partial charge >= 0.3 is 0 Å². The Morgan fingerprint density at radius 2 is 1.04 bits per heavy atom. The Kier molecular flexibility index (Phi) is 6.14. The van der Waals surface area contributed by atoms with Crippen molar-refractivity contribution < 1.29 is 0 Å². The SMILES string of the molecule is CC(C)N(C(C)C)P1(=NC(C)(C)C)N(C(C)(C)C)N=NN1C(C)(C)C. The number of hydrogen-bond acceptors (Lipinski definition) is 3. The molecule has 6 nitrogen and oxygen atoms in total. The first-order valence-corrected chi connectivity index (χ1v) is 11.0. The summed E-state index contributed by atoms with van der Waals surface area (Å²) in [5.41, 5.74) is -0.541. The van der Waals surface area contributed by atoms with Crippen molar-refractivity contribution in [3.63, 3.8) is 0 Å². The van der Waals surface area contributed by atoms with Crippen molar-refractivity contribution >= 4 is 7.51 Å². The van der Waals surface area contributed by atoms with Crippen LogP contribution in [-0.2, 0) is 0 Å². The predicted molar refractivity (Wildman–Crippen MR) is 109 cm³/mol. The van der Waals surface area contributed by atoms with Crippen molar-refractivity contribution in [3.8, 4) is 0 Å². The molecule has 1 aliphatic heterocycles. The molecule has 0 amide bonds. The van der Waals surface area contributed by atoms with Crippen molar-refractivity contribution in [1.29, 1.82) is 0 Å². The Hall–Kier alpha value is -0.610. The Morgan fingerprint density at radius 3 is 1.24 bits per heavy atom. The van der Waals surface area contributed by atoms with Crippen LogP contribution in [0.1, 0.15) is 90.0 Å². The molecular formula is C18H41N6P. The largest absolute Gasteiger partial charge is 0.254 e. The van der Waals surface area contributed by atoms with E-state index in [-0.39, 0.29) is 16.6 Å². The number of nitrogens with zero attached hydrogens (tertiary/aromatic N) is 6. The van der Waals surface area contributed by atoms with Crippen LogP contribution in [0.4, 0.5) is 0 Å². The van der Waals surface area contributed by atoms with E-state index in [2.05, 4.69) is 115 Å². The first kappa shape index (κ1) is 22.4. The molecule has 0 bridgehead atoms. The third kappa shape index (κ3) is 4.57. The zero-order valence-corrected chi connectivity index (χ0v) is 19.7. The van der Waals surface area contributed by atoms with Gasteiger partial charge in [-0.25, -0.2) is 19.0 Å². The summed E-state index contributed by atoms with van der Waals surface area (Å²) in [6, 6.07) is 0.662. The highest BCUT2D eigenvalue weighted by atomic mass is 31.2. The normalized spacial score (nSPS) is 18.9. The van der Waals surface area contributed by atoms with Crippen LogP contribution in [0.3, 0.4) is 0 Å². The van der Waals surface area contributed by atoms with Gasteiger partial charge < -0.3 is 0 Å². The second kappa shape index (κ2) is 6.84. The van der Waals surface area contributed by atoms with E-state index in [1.807, 2.05) is 0 Å². The molecule has 0 fully saturated rings. The molecule has 0 aromatic heterocycles. The highest BCUT2D eigenvalue weighted by molar-refractivity contribution is 7.59. The Labute approximate surface area is 156 Å². The quantitative estimate of drug-likeness (QED) is 0.543. The van der Waals surface area contributed by atoms with Gasteiger partial charge in [-0.2, -0.15) is 0 Å². The van der Waals surface area contributed by atoms with Crippen molar-refractivity contribution in [3.05, 3.63) is 0 Å². The fraction of sp³-hybridized carbons (Fsp3) is 1.00. The van der Waals surface area contributed by atoms with Gasteiger partial charge in [0.1, 0.15) is 0 Å². The number of rotatable bonds is 3. The summed E-state index contributed by atoms with van der Waals surface area (Å²) in [7, 11) is -2.36. The average Bonchev–Trinajstić information content (AvgIpc) is 2.63. The van der Waals surface area contributed by atoms with Crippen LogP contribution >= 0.6 is 7.51 Å². The first-order chi connectivity index (χ1) is 10.9. The highest BCUT2D eigenvalue weighted by Gasteiger charge is 2.54. The van der Waals surface area contributed by atoms with Crippen molar-refractivity contribution in [1.82, 2.24) is 14.2 Å². The van der Waals surface area contributed by atoms with Crippen LogP contribution in [-0.4, -0.2) is 42.9 Å². The molecule has 7 heteroatoms. The van der Waals surface area contributed by atoms with Gasteiger partial charge in [-0.05, 0) is 100 Å². The second-order valence-corrected chi connectivity index (χ2v) is 13.0. The second-order valence-electron chi connectivity index (χ2n) is 10.5. The zero-order chi connectivity index (χ0) is 20.0. The first-order valence-electron chi connectivity index (χ1n) is 9.40. The van der Waals surface area contributed by atoms with Crippen molar-refractivity contribution in [2.24, 2.45) is 15.2 Å². The molecule has 0 unspecified atom stereocenters. The van der Waals surface area contributed by atoms with Crippen LogP contribution < -0.4 is 0 Å². The van der Waals surface area contributed by atoms with Gasteiger partial charge in [0, 0.05) is 12.1 Å². The lowest BCUT2D eigenvalue weighted by Crippen LogP contribution is -2.50. The van der Waals surface area contributed by atoms with E-state index < -0.39 is 7.51 Å². The summed E-state index contributed by atoms with van der Waals surface area (Å²) in [5, 5.41) is 9.35. The topological polar surface area (TPSA) is 46.8 Å². The molecule has 0 saturated heterocycles. The zero-order valence-electron chi connectivity index (χ0n) is 18.8. The molecule has 0 aromatic rings. The maximum Gasteiger partial charge on any atom is 0.254 e. The van der Waals surface area contributed by atoms with E-state index in [4.69, 9.17) is 4.74 Å². The van der Waals surface area contributed by atoms with E-state index >= 15 is 0 Å². The average molecular weight is 373 g/mol. The minimum atomic E-state index is -2.36. The summed E-state index contributed by atoms with van der Waals surface area (Å²) >= 11 is 0. The summed E-state index contributed by atoms with van der Waals surface area (Å²) in [6.45, 7) is 28.7. The van der Waals surface area contributed by atoms with E-state index in [9.17, 15) is 0 Å². The van der Waals surface area contributed by atoms with Crippen LogP contribution in [0.25, 0.3) is 0 Å². The maximum atomic E-state index is 5.48. The van der Waals surface area contributed by atoms with Gasteiger partial charge in [-0.1, -0.05) is 0 Å². The van der Waals surface area contributed by atoms with Gasteiger partial charge in [0.2, 0.25) is 0 Å². The molecule has 0 aromatic carbocycles. The molecule has 148 valence electrons. The van der Waals surface area contributed by atoms with Gasteiger partial charge in [-0.15, -0.1) is 0 Å². The monoisotopic (exact) mass is 372 g/mol. The molecule has 0 radical (unpaired) electrons. The minimum Gasteiger partial charge on any atom is -0.243 e. The van der Waals surface area contributed by atoms with Crippen molar-refractivity contribution in [2.75, 3.05) is 0 Å². The molecule has 0 aliphatic carbocycles. The lowest BCUT2D eigenvalue weighted by Gasteiger charge is -2.52. The fourth-order valence-corrected chi connectivity index (χ4v) is 8.05. The fourth-order valence-electron chi connectivity index (χ4n) is 3.29. The predicted octanol–water partition coefficient (Wildman–Crippen LogP) is 6.35. The summed E-state index contributed by atoms with van der Waals surface area (Å²) in [6.07, 6.45) is 0. The summed E-state index contributed by atoms with van der Waals surface area (Å²) < 4.78 is 12.4. The molecule has 0 saturated carbocycles. The minimum absolute atomic E-state index is 0.173. The molecule has 25 heavy (non-hydrogen) atoms. The summed E-state index contributed by atoms with van der Waals surface area (Å²) in [5.74, 6) is 0. The van der Waals surface area contributed by atoms with Crippen LogP contribution in [0, 0.1) is 0 Å². The Bertz CT molecular complexity index is 509.